The van der Waals surface area contributed by atoms with Gasteiger partial charge in [-0.3, -0.25) is 9.89 Å². The van der Waals surface area contributed by atoms with Gasteiger partial charge in [0.2, 0.25) is 0 Å². The van der Waals surface area contributed by atoms with Crippen molar-refractivity contribution in [1.29, 1.82) is 0 Å². The number of nitrogens with one attached hydrogen (secondary N) is 1. The number of rotatable bonds is 2. The van der Waals surface area contributed by atoms with Gasteiger partial charge in [0.15, 0.2) is 0 Å². The molecule has 2 aromatic rings. The van der Waals surface area contributed by atoms with Gasteiger partial charge in [0.25, 0.3) is 5.91 Å². The number of H-pyrrole nitrogens is 1. The number of aromatic nitrogens is 2. The van der Waals surface area contributed by atoms with Gasteiger partial charge in [-0.1, -0.05) is 0 Å². The van der Waals surface area contributed by atoms with E-state index in [4.69, 9.17) is 0 Å². The van der Waals surface area contributed by atoms with Crippen LogP contribution in [0.4, 0.5) is 0 Å². The zero-order valence-corrected chi connectivity index (χ0v) is 10.7. The minimum absolute atomic E-state index is 0.0428. The van der Waals surface area contributed by atoms with Gasteiger partial charge in [0.05, 0.1) is 11.7 Å². The maximum Gasteiger partial charge on any atom is 0.253 e. The second-order valence-electron chi connectivity index (χ2n) is 5.11. The maximum atomic E-state index is 12.4. The molecule has 5 nitrogen and oxygen atoms in total. The van der Waals surface area contributed by atoms with E-state index in [0.29, 0.717) is 12.1 Å². The summed E-state index contributed by atoms with van der Waals surface area (Å²) in [6.07, 6.45) is 3.69. The normalized spacial score (nSPS) is 19.8. The lowest BCUT2D eigenvalue weighted by Gasteiger charge is -2.31. The number of aromatic amines is 1. The molecular formula is C14H17N3O2. The highest BCUT2D eigenvalue weighted by molar-refractivity contribution is 5.97. The van der Waals surface area contributed by atoms with Gasteiger partial charge < -0.3 is 10.0 Å². The topological polar surface area (TPSA) is 69.2 Å². The molecule has 100 valence electrons. The third kappa shape index (κ3) is 2.33. The molecule has 2 N–H and O–H groups in total. The van der Waals surface area contributed by atoms with E-state index >= 15 is 0 Å². The number of piperidine rings is 1. The fraction of sp³-hybridized carbons (Fsp3) is 0.429. The van der Waals surface area contributed by atoms with Crippen LogP contribution in [0.15, 0.2) is 24.4 Å². The molecule has 1 atom stereocenters. The lowest BCUT2D eigenvalue weighted by molar-refractivity contribution is 0.0621. The Morgan fingerprint density at radius 2 is 2.42 bits per heavy atom. The van der Waals surface area contributed by atoms with Crippen LogP contribution in [0.3, 0.4) is 0 Å². The number of carbonyl (C=O) groups is 1. The Morgan fingerprint density at radius 3 is 3.26 bits per heavy atom. The van der Waals surface area contributed by atoms with Crippen LogP contribution < -0.4 is 0 Å². The second-order valence-corrected chi connectivity index (χ2v) is 5.11. The first-order valence-electron chi connectivity index (χ1n) is 6.61. The van der Waals surface area contributed by atoms with Crippen molar-refractivity contribution in [3.8, 4) is 0 Å². The van der Waals surface area contributed by atoms with Gasteiger partial charge in [0.1, 0.15) is 0 Å². The van der Waals surface area contributed by atoms with Gasteiger partial charge in [0, 0.05) is 30.6 Å². The second kappa shape index (κ2) is 5.01. The Balaban J connectivity index is 1.82. The number of amides is 1. The largest absolute Gasteiger partial charge is 0.396 e. The van der Waals surface area contributed by atoms with Gasteiger partial charge >= 0.3 is 0 Å². The van der Waals surface area contributed by atoms with Crippen molar-refractivity contribution in [2.24, 2.45) is 5.92 Å². The average Bonchev–Trinajstić information content (AvgIpc) is 2.94. The number of aliphatic hydroxyl groups excluding tert-OH is 1. The molecule has 0 unspecified atom stereocenters. The van der Waals surface area contributed by atoms with Gasteiger partial charge in [-0.15, -0.1) is 0 Å². The summed E-state index contributed by atoms with van der Waals surface area (Å²) < 4.78 is 0. The average molecular weight is 259 g/mol. The van der Waals surface area contributed by atoms with Crippen molar-refractivity contribution in [3.63, 3.8) is 0 Å². The molecule has 1 aliphatic heterocycles. The molecule has 0 spiro atoms. The highest BCUT2D eigenvalue weighted by atomic mass is 16.3. The zero-order chi connectivity index (χ0) is 13.2. The minimum atomic E-state index is 0.0428. The van der Waals surface area contributed by atoms with E-state index in [1.165, 1.54) is 0 Å². The Bertz CT molecular complexity index is 593. The maximum absolute atomic E-state index is 12.4. The highest BCUT2D eigenvalue weighted by Gasteiger charge is 2.24. The Morgan fingerprint density at radius 1 is 1.53 bits per heavy atom. The number of benzene rings is 1. The molecule has 5 heteroatoms. The summed E-state index contributed by atoms with van der Waals surface area (Å²) in [6.45, 7) is 1.59. The molecule has 3 rings (SSSR count). The number of hydrogen-bond acceptors (Lipinski definition) is 3. The molecule has 0 aliphatic carbocycles. The van der Waals surface area contributed by atoms with Gasteiger partial charge in [-0.25, -0.2) is 0 Å². The van der Waals surface area contributed by atoms with Crippen LogP contribution in [0, 0.1) is 5.92 Å². The summed E-state index contributed by atoms with van der Waals surface area (Å²) in [5.74, 6) is 0.261. The number of aliphatic hydroxyl groups is 1. The van der Waals surface area contributed by atoms with E-state index in [0.717, 1.165) is 30.3 Å². The van der Waals surface area contributed by atoms with E-state index in [1.54, 1.807) is 6.20 Å². The molecule has 1 saturated heterocycles. The fourth-order valence-electron chi connectivity index (χ4n) is 2.66. The van der Waals surface area contributed by atoms with Crippen molar-refractivity contribution in [3.05, 3.63) is 30.0 Å². The number of fused-ring (bicyclic) bond motifs is 1. The van der Waals surface area contributed by atoms with Gasteiger partial charge in [-0.05, 0) is 37.0 Å². The molecular weight excluding hydrogens is 242 g/mol. The summed E-state index contributed by atoms with van der Waals surface area (Å²) in [4.78, 5) is 14.3. The van der Waals surface area contributed by atoms with Crippen LogP contribution in [0.25, 0.3) is 10.9 Å². The Kier molecular flexibility index (Phi) is 3.21. The Hall–Kier alpha value is -1.88. The minimum Gasteiger partial charge on any atom is -0.396 e. The number of likely N-dealkylation sites (tertiary alicyclic amines) is 1. The summed E-state index contributed by atoms with van der Waals surface area (Å²) in [5, 5.41) is 17.0. The third-order valence-corrected chi connectivity index (χ3v) is 3.75. The van der Waals surface area contributed by atoms with E-state index in [1.807, 2.05) is 23.1 Å². The molecule has 1 amide bonds. The van der Waals surface area contributed by atoms with Crippen molar-refractivity contribution >= 4 is 16.8 Å². The van der Waals surface area contributed by atoms with Gasteiger partial charge in [-0.2, -0.15) is 5.10 Å². The first kappa shape index (κ1) is 12.2. The fourth-order valence-corrected chi connectivity index (χ4v) is 2.66. The van der Waals surface area contributed by atoms with Crippen LogP contribution in [-0.4, -0.2) is 45.8 Å². The van der Waals surface area contributed by atoms with Crippen molar-refractivity contribution in [2.45, 2.75) is 12.8 Å². The van der Waals surface area contributed by atoms with Crippen molar-refractivity contribution in [2.75, 3.05) is 19.7 Å². The molecule has 1 aromatic heterocycles. The van der Waals surface area contributed by atoms with E-state index in [-0.39, 0.29) is 18.4 Å². The van der Waals surface area contributed by atoms with E-state index in [2.05, 4.69) is 10.2 Å². The summed E-state index contributed by atoms with van der Waals surface area (Å²) >= 11 is 0. The highest BCUT2D eigenvalue weighted by Crippen LogP contribution is 2.20. The van der Waals surface area contributed by atoms with E-state index < -0.39 is 0 Å². The smallest absolute Gasteiger partial charge is 0.253 e. The van der Waals surface area contributed by atoms with Crippen molar-refractivity contribution < 1.29 is 9.90 Å². The predicted octanol–water partition coefficient (Wildman–Crippen LogP) is 1.41. The van der Waals surface area contributed by atoms with Crippen molar-refractivity contribution in [1.82, 2.24) is 15.1 Å². The van der Waals surface area contributed by atoms with Crippen LogP contribution >= 0.6 is 0 Å². The first-order chi connectivity index (χ1) is 9.28. The first-order valence-corrected chi connectivity index (χ1v) is 6.61. The van der Waals surface area contributed by atoms with Crippen LogP contribution in [0.1, 0.15) is 23.2 Å². The zero-order valence-electron chi connectivity index (χ0n) is 10.7. The SMILES string of the molecule is O=C(c1ccc2[nH]ncc2c1)N1CCC[C@H](CO)C1. The summed E-state index contributed by atoms with van der Waals surface area (Å²) in [7, 11) is 0. The number of hydrogen-bond donors (Lipinski definition) is 2. The predicted molar refractivity (Wildman–Crippen MR) is 71.8 cm³/mol. The molecule has 0 saturated carbocycles. The number of nitrogens with zero attached hydrogens (tertiary/aromatic N) is 2. The van der Waals surface area contributed by atoms with E-state index in [9.17, 15) is 9.90 Å². The third-order valence-electron chi connectivity index (χ3n) is 3.75. The molecule has 0 radical (unpaired) electrons. The number of carbonyl (C=O) groups excluding carboxylic acids is 1. The molecule has 1 aliphatic rings. The molecule has 0 bridgehead atoms. The van der Waals surface area contributed by atoms with Crippen LogP contribution in [0.5, 0.6) is 0 Å². The Labute approximate surface area is 111 Å². The molecule has 2 heterocycles. The standard InChI is InChI=1S/C14H17N3O2/c18-9-10-2-1-5-17(8-10)14(19)11-3-4-13-12(6-11)7-15-16-13/h3-4,6-7,10,18H,1-2,5,8-9H2,(H,15,16)/t10-/m0/s1. The van der Waals surface area contributed by atoms with Crippen LogP contribution in [-0.2, 0) is 0 Å². The molecule has 19 heavy (non-hydrogen) atoms. The lowest BCUT2D eigenvalue weighted by Crippen LogP contribution is -2.40. The molecule has 1 aromatic carbocycles. The molecule has 1 fully saturated rings. The van der Waals surface area contributed by atoms with Crippen LogP contribution in [0.2, 0.25) is 0 Å². The lowest BCUT2D eigenvalue weighted by atomic mass is 9.98. The monoisotopic (exact) mass is 259 g/mol. The summed E-state index contributed by atoms with van der Waals surface area (Å²) in [6, 6.07) is 5.57. The quantitative estimate of drug-likeness (QED) is 0.856. The summed E-state index contributed by atoms with van der Waals surface area (Å²) in [5.41, 5.74) is 1.62.